The van der Waals surface area contributed by atoms with Crippen LogP contribution in [0.5, 0.6) is 11.5 Å². The summed E-state index contributed by atoms with van der Waals surface area (Å²) in [5.74, 6) is 0.352. The van der Waals surface area contributed by atoms with Crippen LogP contribution in [-0.2, 0) is 9.59 Å². The van der Waals surface area contributed by atoms with E-state index in [4.69, 9.17) is 9.47 Å². The molecule has 6 rings (SSSR count). The Hall–Kier alpha value is -4.12. The van der Waals surface area contributed by atoms with Gasteiger partial charge in [-0.2, -0.15) is 0 Å². The van der Waals surface area contributed by atoms with Crippen molar-refractivity contribution in [1.82, 2.24) is 0 Å². The summed E-state index contributed by atoms with van der Waals surface area (Å²) in [6.45, 7) is 1.97. The van der Waals surface area contributed by atoms with Crippen molar-refractivity contribution in [3.63, 3.8) is 0 Å². The van der Waals surface area contributed by atoms with E-state index < -0.39 is 0 Å². The quantitative estimate of drug-likeness (QED) is 0.363. The predicted octanol–water partition coefficient (Wildman–Crippen LogP) is 5.44. The fourth-order valence-electron chi connectivity index (χ4n) is 6.13. The molecule has 2 fully saturated rings. The van der Waals surface area contributed by atoms with Gasteiger partial charge in [0.2, 0.25) is 11.8 Å². The van der Waals surface area contributed by atoms with Gasteiger partial charge in [-0.3, -0.25) is 9.59 Å². The monoisotopic (exact) mass is 477 g/mol. The number of methoxy groups -OCH3 is 2. The Balaban J connectivity index is 1.48. The van der Waals surface area contributed by atoms with Gasteiger partial charge >= 0.3 is 0 Å². The zero-order valence-corrected chi connectivity index (χ0v) is 20.5. The van der Waals surface area contributed by atoms with Crippen LogP contribution in [0.15, 0.2) is 90.5 Å². The van der Waals surface area contributed by atoms with Crippen LogP contribution in [-0.4, -0.2) is 26.0 Å². The minimum atomic E-state index is -0.380. The normalized spacial score (nSPS) is 23.9. The van der Waals surface area contributed by atoms with E-state index in [1.54, 1.807) is 14.2 Å². The Morgan fingerprint density at radius 1 is 0.722 bits per heavy atom. The van der Waals surface area contributed by atoms with Crippen molar-refractivity contribution in [2.45, 2.75) is 6.92 Å². The number of imide groups is 1. The molecule has 0 aromatic heterocycles. The molecule has 3 aromatic rings. The number of nitrogens with zero attached hydrogens (tertiary/aromatic N) is 1. The van der Waals surface area contributed by atoms with Gasteiger partial charge in [0.25, 0.3) is 0 Å². The zero-order valence-electron chi connectivity index (χ0n) is 20.5. The Kier molecular flexibility index (Phi) is 5.29. The van der Waals surface area contributed by atoms with Crippen molar-refractivity contribution in [2.75, 3.05) is 19.1 Å². The Morgan fingerprint density at radius 2 is 1.22 bits per heavy atom. The van der Waals surface area contributed by atoms with E-state index >= 15 is 0 Å². The second-order valence-electron chi connectivity index (χ2n) is 9.63. The topological polar surface area (TPSA) is 55.8 Å². The van der Waals surface area contributed by atoms with E-state index in [1.807, 2.05) is 79.7 Å². The fourth-order valence-corrected chi connectivity index (χ4v) is 6.13. The van der Waals surface area contributed by atoms with Crippen molar-refractivity contribution < 1.29 is 19.1 Å². The maximum atomic E-state index is 13.7. The number of anilines is 1. The molecule has 0 spiro atoms. The van der Waals surface area contributed by atoms with E-state index in [-0.39, 0.29) is 35.5 Å². The maximum absolute atomic E-state index is 13.7. The lowest BCUT2D eigenvalue weighted by molar-refractivity contribution is -0.122. The molecule has 0 radical (unpaired) electrons. The van der Waals surface area contributed by atoms with Gasteiger partial charge in [-0.05, 0) is 71.2 Å². The molecule has 3 aromatic carbocycles. The van der Waals surface area contributed by atoms with Gasteiger partial charge in [0.1, 0.15) is 11.5 Å². The summed E-state index contributed by atoms with van der Waals surface area (Å²) >= 11 is 0. The van der Waals surface area contributed by atoms with Crippen LogP contribution in [0.3, 0.4) is 0 Å². The lowest BCUT2D eigenvalue weighted by atomic mass is 9.85. The summed E-state index contributed by atoms with van der Waals surface area (Å²) < 4.78 is 10.8. The lowest BCUT2D eigenvalue weighted by Gasteiger charge is -2.22. The van der Waals surface area contributed by atoms with Gasteiger partial charge in [-0.1, -0.05) is 48.6 Å². The summed E-state index contributed by atoms with van der Waals surface area (Å²) in [6, 6.07) is 23.6. The van der Waals surface area contributed by atoms with Gasteiger partial charge in [0, 0.05) is 11.8 Å². The second-order valence-corrected chi connectivity index (χ2v) is 9.63. The molecule has 3 aliphatic rings. The second kappa shape index (κ2) is 8.52. The van der Waals surface area contributed by atoms with Crippen molar-refractivity contribution in [1.29, 1.82) is 0 Å². The number of carbonyl (C=O) groups excluding carboxylic acids is 2. The Morgan fingerprint density at radius 3 is 1.67 bits per heavy atom. The first kappa shape index (κ1) is 22.4. The van der Waals surface area contributed by atoms with Crippen LogP contribution in [0.1, 0.15) is 16.7 Å². The highest BCUT2D eigenvalue weighted by Crippen LogP contribution is 2.59. The predicted molar refractivity (Wildman–Crippen MR) is 139 cm³/mol. The molecule has 1 saturated heterocycles. The number of carbonyl (C=O) groups is 2. The Labute approximate surface area is 210 Å². The number of fused-ring (bicyclic) bond motifs is 5. The van der Waals surface area contributed by atoms with Gasteiger partial charge in [-0.15, -0.1) is 0 Å². The van der Waals surface area contributed by atoms with Crippen molar-refractivity contribution in [3.05, 3.63) is 107 Å². The summed E-state index contributed by atoms with van der Waals surface area (Å²) in [4.78, 5) is 28.9. The number of aryl methyl sites for hydroxylation is 1. The molecule has 5 heteroatoms. The average Bonchev–Trinajstić information content (AvgIpc) is 3.54. The number of hydrogen-bond acceptors (Lipinski definition) is 4. The third-order valence-electron chi connectivity index (χ3n) is 7.72. The molecule has 2 aliphatic carbocycles. The van der Waals surface area contributed by atoms with E-state index in [9.17, 15) is 9.59 Å². The van der Waals surface area contributed by atoms with Gasteiger partial charge in [-0.25, -0.2) is 4.90 Å². The number of rotatable bonds is 5. The molecule has 2 bridgehead atoms. The molecule has 36 heavy (non-hydrogen) atoms. The third kappa shape index (κ3) is 3.30. The van der Waals surface area contributed by atoms with E-state index in [1.165, 1.54) is 4.90 Å². The van der Waals surface area contributed by atoms with Crippen LogP contribution in [0.25, 0.3) is 5.57 Å². The first-order valence-electron chi connectivity index (χ1n) is 12.2. The third-order valence-corrected chi connectivity index (χ3v) is 7.72. The number of hydrogen-bond donors (Lipinski definition) is 0. The molecular formula is C31H27NO4. The Bertz CT molecular complexity index is 1330. The first-order chi connectivity index (χ1) is 17.5. The highest BCUT2D eigenvalue weighted by atomic mass is 16.5. The first-order valence-corrected chi connectivity index (χ1v) is 12.2. The highest BCUT2D eigenvalue weighted by molar-refractivity contribution is 6.23. The van der Waals surface area contributed by atoms with Crippen LogP contribution >= 0.6 is 0 Å². The van der Waals surface area contributed by atoms with Crippen LogP contribution < -0.4 is 14.4 Å². The van der Waals surface area contributed by atoms with Crippen molar-refractivity contribution >= 4 is 23.1 Å². The molecule has 1 saturated carbocycles. The largest absolute Gasteiger partial charge is 0.497 e. The SMILES string of the molecule is COc1ccc(C(=C2[C@@H]3C=C[C@@H]2[C@@H]2C(=O)N(c4cccc(C)c4)C(=O)[C@H]23)c2ccc(OC)cc2)cc1. The van der Waals surface area contributed by atoms with Gasteiger partial charge in [0.05, 0.1) is 31.7 Å². The average molecular weight is 478 g/mol. The molecule has 180 valence electrons. The van der Waals surface area contributed by atoms with Crippen molar-refractivity contribution in [2.24, 2.45) is 23.7 Å². The summed E-state index contributed by atoms with van der Waals surface area (Å²) in [5.41, 5.74) is 5.96. The van der Waals surface area contributed by atoms with Crippen LogP contribution in [0, 0.1) is 30.6 Å². The number of benzene rings is 3. The maximum Gasteiger partial charge on any atom is 0.238 e. The van der Waals surface area contributed by atoms with E-state index in [2.05, 4.69) is 12.2 Å². The van der Waals surface area contributed by atoms with Crippen LogP contribution in [0.2, 0.25) is 0 Å². The van der Waals surface area contributed by atoms with Gasteiger partial charge in [0.15, 0.2) is 0 Å². The van der Waals surface area contributed by atoms with E-state index in [0.717, 1.165) is 39.3 Å². The zero-order chi connectivity index (χ0) is 25.0. The molecule has 1 heterocycles. The highest BCUT2D eigenvalue weighted by Gasteiger charge is 2.62. The van der Waals surface area contributed by atoms with Gasteiger partial charge < -0.3 is 9.47 Å². The number of ether oxygens (including phenoxy) is 2. The van der Waals surface area contributed by atoms with Crippen LogP contribution in [0.4, 0.5) is 5.69 Å². The smallest absolute Gasteiger partial charge is 0.238 e. The van der Waals surface area contributed by atoms with E-state index in [0.29, 0.717) is 5.69 Å². The summed E-state index contributed by atoms with van der Waals surface area (Å²) in [6.07, 6.45) is 4.25. The molecule has 0 N–H and O–H groups in total. The standard InChI is InChI=1S/C31H27NO4/c1-18-5-4-6-21(17-18)32-30(33)28-24-15-16-25(29(28)31(32)34)27(24)26(19-7-11-22(35-2)12-8-19)20-9-13-23(36-3)14-10-20/h4-17,24-25,28-29H,1-3H3/t24-,25-,28-,29-/m0/s1. The molecule has 4 atom stereocenters. The number of amides is 2. The molecule has 1 aliphatic heterocycles. The molecule has 5 nitrogen and oxygen atoms in total. The minimum absolute atomic E-state index is 0.103. The number of allylic oxidation sites excluding steroid dienone is 3. The molecule has 0 unspecified atom stereocenters. The lowest BCUT2D eigenvalue weighted by Crippen LogP contribution is -2.33. The summed E-state index contributed by atoms with van der Waals surface area (Å²) in [7, 11) is 3.30. The molecular weight excluding hydrogens is 450 g/mol. The molecule has 2 amide bonds. The van der Waals surface area contributed by atoms with Crippen molar-refractivity contribution in [3.8, 4) is 11.5 Å². The summed E-state index contributed by atoms with van der Waals surface area (Å²) in [5, 5.41) is 0. The fraction of sp³-hybridized carbons (Fsp3) is 0.226. The minimum Gasteiger partial charge on any atom is -0.497 e.